The van der Waals surface area contributed by atoms with Crippen molar-refractivity contribution in [1.29, 1.82) is 0 Å². The van der Waals surface area contributed by atoms with Crippen LogP contribution in [-0.2, 0) is 5.75 Å². The smallest absolute Gasteiger partial charge is 0.196 e. The number of rotatable bonds is 4. The van der Waals surface area contributed by atoms with Gasteiger partial charge in [-0.05, 0) is 43.2 Å². The Hall–Kier alpha value is -2.18. The molecule has 0 saturated carbocycles. The van der Waals surface area contributed by atoms with E-state index in [0.717, 1.165) is 28.7 Å². The summed E-state index contributed by atoms with van der Waals surface area (Å²) in [5, 5.41) is 10.1. The van der Waals surface area contributed by atoms with Crippen LogP contribution in [0.4, 0.5) is 0 Å². The lowest BCUT2D eigenvalue weighted by Gasteiger charge is -2.13. The first-order valence-electron chi connectivity index (χ1n) is 8.82. The molecule has 5 nitrogen and oxygen atoms in total. The number of aromatic nitrogens is 3. The molecule has 2 heterocycles. The number of hydrogen-bond acceptors (Lipinski definition) is 5. The fourth-order valence-electron chi connectivity index (χ4n) is 3.04. The summed E-state index contributed by atoms with van der Waals surface area (Å²) < 4.78 is 13.6. The second-order valence-corrected chi connectivity index (χ2v) is 7.75. The molecule has 0 unspecified atom stereocenters. The fraction of sp³-hybridized carbons (Fsp3) is 0.300. The number of fused-ring (bicyclic) bond motifs is 1. The van der Waals surface area contributed by atoms with Gasteiger partial charge in [-0.1, -0.05) is 41.6 Å². The summed E-state index contributed by atoms with van der Waals surface area (Å²) in [5.41, 5.74) is 3.34. The first-order valence-corrected chi connectivity index (χ1v) is 10.2. The summed E-state index contributed by atoms with van der Waals surface area (Å²) in [7, 11) is 0. The molecule has 140 valence electrons. The molecule has 3 aromatic rings. The Morgan fingerprint density at radius 1 is 1.11 bits per heavy atom. The molecule has 1 aliphatic heterocycles. The predicted octanol–water partition coefficient (Wildman–Crippen LogP) is 4.99. The summed E-state index contributed by atoms with van der Waals surface area (Å²) in [6.45, 7) is 5.32. The molecule has 0 radical (unpaired) electrons. The second-order valence-electron chi connectivity index (χ2n) is 6.40. The van der Waals surface area contributed by atoms with E-state index in [4.69, 9.17) is 21.1 Å². The standard InChI is InChI=1S/C20H20ClN3O2S/c1-13-6-3-4-7-17(13)24-14(2)22-23-20(24)27-12-15-10-16(21)19-18(11-15)25-8-5-9-26-19/h3-4,6-7,10-11H,5,8-9,12H2,1-2H3. The molecular weight excluding hydrogens is 382 g/mol. The lowest BCUT2D eigenvalue weighted by atomic mass is 10.2. The van der Waals surface area contributed by atoms with Gasteiger partial charge in [0, 0.05) is 12.2 Å². The zero-order valence-electron chi connectivity index (χ0n) is 15.2. The van der Waals surface area contributed by atoms with Gasteiger partial charge in [0.25, 0.3) is 0 Å². The van der Waals surface area contributed by atoms with E-state index in [0.29, 0.717) is 35.5 Å². The monoisotopic (exact) mass is 401 g/mol. The van der Waals surface area contributed by atoms with E-state index in [1.165, 1.54) is 5.56 Å². The summed E-state index contributed by atoms with van der Waals surface area (Å²) in [6.07, 6.45) is 0.855. The van der Waals surface area contributed by atoms with Crippen molar-refractivity contribution in [2.24, 2.45) is 0 Å². The van der Waals surface area contributed by atoms with Gasteiger partial charge in [-0.25, -0.2) is 0 Å². The Labute approximate surface area is 167 Å². The van der Waals surface area contributed by atoms with E-state index in [-0.39, 0.29) is 0 Å². The van der Waals surface area contributed by atoms with E-state index in [1.54, 1.807) is 11.8 Å². The van der Waals surface area contributed by atoms with Crippen LogP contribution >= 0.6 is 23.4 Å². The summed E-state index contributed by atoms with van der Waals surface area (Å²) >= 11 is 8.03. The molecule has 0 amide bonds. The van der Waals surface area contributed by atoms with E-state index >= 15 is 0 Å². The van der Waals surface area contributed by atoms with Crippen molar-refractivity contribution in [2.45, 2.75) is 31.2 Å². The molecule has 1 aromatic heterocycles. The van der Waals surface area contributed by atoms with Crippen LogP contribution in [0.3, 0.4) is 0 Å². The van der Waals surface area contributed by atoms with Crippen LogP contribution in [-0.4, -0.2) is 28.0 Å². The minimum absolute atomic E-state index is 0.585. The molecule has 0 spiro atoms. The average molecular weight is 402 g/mol. The molecular formula is C20H20ClN3O2S. The summed E-state index contributed by atoms with van der Waals surface area (Å²) in [6, 6.07) is 12.2. The van der Waals surface area contributed by atoms with Crippen LogP contribution in [0, 0.1) is 13.8 Å². The number of para-hydroxylation sites is 1. The molecule has 0 N–H and O–H groups in total. The van der Waals surface area contributed by atoms with Gasteiger partial charge in [-0.2, -0.15) is 0 Å². The van der Waals surface area contributed by atoms with Crippen LogP contribution in [0.2, 0.25) is 5.02 Å². The van der Waals surface area contributed by atoms with Gasteiger partial charge in [0.1, 0.15) is 5.82 Å². The number of thioether (sulfide) groups is 1. The number of aryl methyl sites for hydroxylation is 2. The van der Waals surface area contributed by atoms with Gasteiger partial charge in [-0.15, -0.1) is 10.2 Å². The Morgan fingerprint density at radius 2 is 1.93 bits per heavy atom. The maximum atomic E-state index is 6.41. The van der Waals surface area contributed by atoms with Gasteiger partial charge in [-0.3, -0.25) is 4.57 Å². The Bertz CT molecular complexity index is 974. The van der Waals surface area contributed by atoms with Gasteiger partial charge in [0.15, 0.2) is 16.7 Å². The largest absolute Gasteiger partial charge is 0.489 e. The fourth-order valence-corrected chi connectivity index (χ4v) is 4.25. The molecule has 2 aromatic carbocycles. The molecule has 0 fully saturated rings. The van der Waals surface area contributed by atoms with E-state index in [9.17, 15) is 0 Å². The maximum absolute atomic E-state index is 6.41. The highest BCUT2D eigenvalue weighted by Crippen LogP contribution is 2.39. The molecule has 0 atom stereocenters. The third kappa shape index (κ3) is 3.77. The Morgan fingerprint density at radius 3 is 2.78 bits per heavy atom. The van der Waals surface area contributed by atoms with E-state index < -0.39 is 0 Å². The van der Waals surface area contributed by atoms with Crippen molar-refractivity contribution in [3.05, 3.63) is 58.4 Å². The van der Waals surface area contributed by atoms with Crippen LogP contribution in [0.1, 0.15) is 23.4 Å². The van der Waals surface area contributed by atoms with Crippen molar-refractivity contribution < 1.29 is 9.47 Å². The van der Waals surface area contributed by atoms with Gasteiger partial charge >= 0.3 is 0 Å². The van der Waals surface area contributed by atoms with E-state index in [1.807, 2.05) is 31.2 Å². The number of nitrogens with zero attached hydrogens (tertiary/aromatic N) is 3. The number of hydrogen-bond donors (Lipinski definition) is 0. The molecule has 0 saturated heterocycles. The van der Waals surface area contributed by atoms with Gasteiger partial charge in [0.2, 0.25) is 0 Å². The highest BCUT2D eigenvalue weighted by atomic mass is 35.5. The summed E-state index contributed by atoms with van der Waals surface area (Å²) in [5.74, 6) is 2.93. The van der Waals surface area contributed by atoms with Crippen molar-refractivity contribution >= 4 is 23.4 Å². The zero-order valence-corrected chi connectivity index (χ0v) is 16.8. The first kappa shape index (κ1) is 18.2. The first-order chi connectivity index (χ1) is 13.1. The SMILES string of the molecule is Cc1ccccc1-n1c(C)nnc1SCc1cc(Cl)c2c(c1)OCCCO2. The maximum Gasteiger partial charge on any atom is 0.196 e. The number of halogens is 1. The quantitative estimate of drug-likeness (QED) is 0.576. The third-order valence-corrected chi connectivity index (χ3v) is 5.66. The molecule has 27 heavy (non-hydrogen) atoms. The van der Waals surface area contributed by atoms with Crippen LogP contribution < -0.4 is 9.47 Å². The average Bonchev–Trinajstić information content (AvgIpc) is 2.86. The van der Waals surface area contributed by atoms with Gasteiger partial charge in [0.05, 0.1) is 23.9 Å². The van der Waals surface area contributed by atoms with Crippen molar-refractivity contribution in [2.75, 3.05) is 13.2 Å². The lowest BCUT2D eigenvalue weighted by molar-refractivity contribution is 0.297. The molecule has 4 rings (SSSR count). The van der Waals surface area contributed by atoms with Gasteiger partial charge < -0.3 is 9.47 Å². The predicted molar refractivity (Wildman–Crippen MR) is 107 cm³/mol. The lowest BCUT2D eigenvalue weighted by Crippen LogP contribution is -2.01. The Balaban J connectivity index is 1.59. The number of ether oxygens (including phenoxy) is 2. The minimum Gasteiger partial charge on any atom is -0.489 e. The molecule has 1 aliphatic rings. The third-order valence-electron chi connectivity index (χ3n) is 4.38. The Kier molecular flexibility index (Phi) is 5.27. The van der Waals surface area contributed by atoms with Crippen molar-refractivity contribution in [3.63, 3.8) is 0 Å². The highest BCUT2D eigenvalue weighted by molar-refractivity contribution is 7.98. The number of benzene rings is 2. The molecule has 0 aliphatic carbocycles. The minimum atomic E-state index is 0.585. The van der Waals surface area contributed by atoms with Crippen LogP contribution in [0.15, 0.2) is 41.6 Å². The summed E-state index contributed by atoms with van der Waals surface area (Å²) in [4.78, 5) is 0. The van der Waals surface area contributed by atoms with Crippen molar-refractivity contribution in [3.8, 4) is 17.2 Å². The second kappa shape index (κ2) is 7.82. The normalized spacial score (nSPS) is 13.4. The topological polar surface area (TPSA) is 49.2 Å². The van der Waals surface area contributed by atoms with E-state index in [2.05, 4.69) is 33.8 Å². The van der Waals surface area contributed by atoms with Crippen LogP contribution in [0.25, 0.3) is 5.69 Å². The van der Waals surface area contributed by atoms with Crippen molar-refractivity contribution in [1.82, 2.24) is 14.8 Å². The molecule has 0 bridgehead atoms. The molecule has 7 heteroatoms. The highest BCUT2D eigenvalue weighted by Gasteiger charge is 2.17. The zero-order chi connectivity index (χ0) is 18.8. The van der Waals surface area contributed by atoms with Crippen LogP contribution in [0.5, 0.6) is 11.5 Å².